The molecule has 0 aliphatic heterocycles. The van der Waals surface area contributed by atoms with Gasteiger partial charge in [-0.2, -0.15) is 0 Å². The van der Waals surface area contributed by atoms with Crippen molar-refractivity contribution in [3.63, 3.8) is 0 Å². The summed E-state index contributed by atoms with van der Waals surface area (Å²) in [6.07, 6.45) is 1.54. The fourth-order valence-electron chi connectivity index (χ4n) is 1.78. The maximum atomic E-state index is 14.3. The predicted octanol–water partition coefficient (Wildman–Crippen LogP) is 4.47. The molecule has 0 aliphatic rings. The number of aromatic nitrogens is 1. The monoisotopic (exact) mass is 308 g/mol. The molecular formula is C16H18ClFN2O. The highest BCUT2D eigenvalue weighted by Crippen LogP contribution is 2.27. The number of ether oxygens (including phenoxy) is 1. The van der Waals surface area contributed by atoms with E-state index in [0.717, 1.165) is 5.56 Å². The van der Waals surface area contributed by atoms with E-state index < -0.39 is 5.82 Å². The van der Waals surface area contributed by atoms with Crippen molar-refractivity contribution in [1.29, 1.82) is 0 Å². The maximum Gasteiger partial charge on any atom is 0.256 e. The number of pyridine rings is 1. The molecule has 2 rings (SSSR count). The molecule has 0 spiro atoms. The quantitative estimate of drug-likeness (QED) is 0.884. The zero-order valence-electron chi connectivity index (χ0n) is 12.3. The van der Waals surface area contributed by atoms with E-state index in [2.05, 4.69) is 10.3 Å². The van der Waals surface area contributed by atoms with Gasteiger partial charge < -0.3 is 10.1 Å². The van der Waals surface area contributed by atoms with Crippen molar-refractivity contribution in [3.8, 4) is 11.6 Å². The van der Waals surface area contributed by atoms with Crippen molar-refractivity contribution >= 4 is 11.6 Å². The Bertz CT molecular complexity index is 632. The molecule has 0 atom stereocenters. The lowest BCUT2D eigenvalue weighted by Gasteiger charge is -2.11. The maximum absolute atomic E-state index is 14.3. The van der Waals surface area contributed by atoms with Crippen LogP contribution in [0.25, 0.3) is 0 Å². The highest BCUT2D eigenvalue weighted by atomic mass is 35.5. The van der Waals surface area contributed by atoms with Crippen LogP contribution in [0.3, 0.4) is 0 Å². The number of hydrogen-bond donors (Lipinski definition) is 1. The highest BCUT2D eigenvalue weighted by Gasteiger charge is 2.12. The first-order chi connectivity index (χ1) is 9.97. The van der Waals surface area contributed by atoms with Gasteiger partial charge in [-0.15, -0.1) is 0 Å². The predicted molar refractivity (Wildman–Crippen MR) is 82.4 cm³/mol. The second kappa shape index (κ2) is 6.87. The summed E-state index contributed by atoms with van der Waals surface area (Å²) in [5.41, 5.74) is 1.39. The second-order valence-electron chi connectivity index (χ2n) is 5.14. The zero-order valence-corrected chi connectivity index (χ0v) is 13.0. The third-order valence-electron chi connectivity index (χ3n) is 2.98. The molecule has 0 amide bonds. The van der Waals surface area contributed by atoms with Gasteiger partial charge in [0.2, 0.25) is 0 Å². The molecule has 0 fully saturated rings. The fourth-order valence-corrected chi connectivity index (χ4v) is 1.89. The van der Waals surface area contributed by atoms with Crippen LogP contribution in [0.15, 0.2) is 30.5 Å². The second-order valence-corrected chi connectivity index (χ2v) is 5.55. The zero-order chi connectivity index (χ0) is 15.4. The van der Waals surface area contributed by atoms with Gasteiger partial charge in [0.15, 0.2) is 5.82 Å². The number of aryl methyl sites for hydroxylation is 1. The van der Waals surface area contributed by atoms with Gasteiger partial charge in [0, 0.05) is 29.4 Å². The van der Waals surface area contributed by atoms with Crippen LogP contribution >= 0.6 is 11.6 Å². The number of halogens is 2. The van der Waals surface area contributed by atoms with Crippen LogP contribution in [0.1, 0.15) is 25.0 Å². The summed E-state index contributed by atoms with van der Waals surface area (Å²) >= 11 is 5.96. The van der Waals surface area contributed by atoms with E-state index in [-0.39, 0.29) is 11.9 Å². The van der Waals surface area contributed by atoms with Gasteiger partial charge in [-0.3, -0.25) is 0 Å². The molecule has 1 heterocycles. The van der Waals surface area contributed by atoms with Crippen molar-refractivity contribution in [2.24, 2.45) is 0 Å². The topological polar surface area (TPSA) is 34.1 Å². The van der Waals surface area contributed by atoms with Crippen LogP contribution in [0.5, 0.6) is 11.6 Å². The Morgan fingerprint density at radius 3 is 2.76 bits per heavy atom. The molecule has 0 bridgehead atoms. The standard InChI is InChI=1S/C16H18ClFN2O/c1-10(2)20-9-12-6-7-19-16(15(12)18)21-13-4-5-14(17)11(3)8-13/h4-8,10,20H,9H2,1-3H3. The van der Waals surface area contributed by atoms with Crippen LogP contribution in [-0.4, -0.2) is 11.0 Å². The first-order valence-electron chi connectivity index (χ1n) is 6.78. The molecule has 0 unspecified atom stereocenters. The van der Waals surface area contributed by atoms with Crippen LogP contribution in [0.4, 0.5) is 4.39 Å². The Kier molecular flexibility index (Phi) is 5.15. The Labute approximate surface area is 129 Å². The van der Waals surface area contributed by atoms with E-state index in [1.807, 2.05) is 20.8 Å². The number of nitrogens with one attached hydrogen (secondary N) is 1. The van der Waals surface area contributed by atoms with Gasteiger partial charge in [0.25, 0.3) is 5.88 Å². The first kappa shape index (κ1) is 15.7. The van der Waals surface area contributed by atoms with Gasteiger partial charge in [-0.25, -0.2) is 9.37 Å². The lowest BCUT2D eigenvalue weighted by Crippen LogP contribution is -2.22. The number of rotatable bonds is 5. The molecule has 2 aromatic rings. The van der Waals surface area contributed by atoms with E-state index in [0.29, 0.717) is 22.9 Å². The number of nitrogens with zero attached hydrogens (tertiary/aromatic N) is 1. The van der Waals surface area contributed by atoms with E-state index in [1.165, 1.54) is 0 Å². The van der Waals surface area contributed by atoms with E-state index in [4.69, 9.17) is 16.3 Å². The molecule has 1 aromatic carbocycles. The average Bonchev–Trinajstić information content (AvgIpc) is 2.43. The van der Waals surface area contributed by atoms with Crippen molar-refractivity contribution in [1.82, 2.24) is 10.3 Å². The van der Waals surface area contributed by atoms with Crippen LogP contribution in [0.2, 0.25) is 5.02 Å². The largest absolute Gasteiger partial charge is 0.436 e. The van der Waals surface area contributed by atoms with Crippen molar-refractivity contribution in [2.75, 3.05) is 0 Å². The Balaban J connectivity index is 2.19. The average molecular weight is 309 g/mol. The summed E-state index contributed by atoms with van der Waals surface area (Å²) in [6.45, 7) is 6.31. The first-order valence-corrected chi connectivity index (χ1v) is 7.16. The molecule has 5 heteroatoms. The highest BCUT2D eigenvalue weighted by molar-refractivity contribution is 6.31. The molecule has 0 saturated heterocycles. The third-order valence-corrected chi connectivity index (χ3v) is 3.41. The Hall–Kier alpha value is -1.65. The summed E-state index contributed by atoms with van der Waals surface area (Å²) in [4.78, 5) is 3.96. The minimum absolute atomic E-state index is 0.0280. The normalized spacial score (nSPS) is 11.0. The summed E-state index contributed by atoms with van der Waals surface area (Å²) in [5.74, 6) is 0.0373. The van der Waals surface area contributed by atoms with Gasteiger partial charge >= 0.3 is 0 Å². The molecular weight excluding hydrogens is 291 g/mol. The molecule has 21 heavy (non-hydrogen) atoms. The number of hydrogen-bond acceptors (Lipinski definition) is 3. The van der Waals surface area contributed by atoms with E-state index in [9.17, 15) is 4.39 Å². The summed E-state index contributed by atoms with van der Waals surface area (Å²) < 4.78 is 19.9. The summed E-state index contributed by atoms with van der Waals surface area (Å²) in [6, 6.07) is 7.08. The van der Waals surface area contributed by atoms with Crippen molar-refractivity contribution in [3.05, 3.63) is 52.4 Å². The van der Waals surface area contributed by atoms with Crippen LogP contribution in [0, 0.1) is 12.7 Å². The lowest BCUT2D eigenvalue weighted by molar-refractivity contribution is 0.416. The van der Waals surface area contributed by atoms with Crippen LogP contribution in [-0.2, 0) is 6.54 Å². The van der Waals surface area contributed by atoms with Gasteiger partial charge in [0.05, 0.1) is 0 Å². The van der Waals surface area contributed by atoms with Gasteiger partial charge in [0.1, 0.15) is 5.75 Å². The van der Waals surface area contributed by atoms with Crippen molar-refractivity contribution < 1.29 is 9.13 Å². The fraction of sp³-hybridized carbons (Fsp3) is 0.312. The molecule has 1 N–H and O–H groups in total. The summed E-state index contributed by atoms with van der Waals surface area (Å²) in [7, 11) is 0. The minimum atomic E-state index is -0.446. The van der Waals surface area contributed by atoms with Crippen molar-refractivity contribution in [2.45, 2.75) is 33.4 Å². The van der Waals surface area contributed by atoms with Gasteiger partial charge in [-0.1, -0.05) is 25.4 Å². The third kappa shape index (κ3) is 4.16. The summed E-state index contributed by atoms with van der Waals surface area (Å²) in [5, 5.41) is 3.81. The lowest BCUT2D eigenvalue weighted by atomic mass is 10.2. The minimum Gasteiger partial charge on any atom is -0.436 e. The van der Waals surface area contributed by atoms with Crippen LogP contribution < -0.4 is 10.1 Å². The van der Waals surface area contributed by atoms with E-state index >= 15 is 0 Å². The SMILES string of the molecule is Cc1cc(Oc2nccc(CNC(C)C)c2F)ccc1Cl. The molecule has 0 radical (unpaired) electrons. The molecule has 112 valence electrons. The Morgan fingerprint density at radius 2 is 2.10 bits per heavy atom. The molecule has 0 saturated carbocycles. The molecule has 1 aromatic heterocycles. The van der Waals surface area contributed by atoms with Gasteiger partial charge in [-0.05, 0) is 36.8 Å². The molecule has 3 nitrogen and oxygen atoms in total. The smallest absolute Gasteiger partial charge is 0.256 e. The van der Waals surface area contributed by atoms with E-state index in [1.54, 1.807) is 30.5 Å². The number of benzene rings is 1. The Morgan fingerprint density at radius 1 is 1.33 bits per heavy atom. The molecule has 0 aliphatic carbocycles.